The summed E-state index contributed by atoms with van der Waals surface area (Å²) in [7, 11) is 0. The minimum Gasteiger partial charge on any atom is -0.372 e. The fourth-order valence-electron chi connectivity index (χ4n) is 3.19. The molecule has 2 N–H and O–H groups in total. The summed E-state index contributed by atoms with van der Waals surface area (Å²) in [5.74, 6) is -0.328. The quantitative estimate of drug-likeness (QED) is 0.880. The summed E-state index contributed by atoms with van der Waals surface area (Å²) in [6.07, 6.45) is 4.62. The Morgan fingerprint density at radius 1 is 1.08 bits per heavy atom. The molecule has 2 aromatic rings. The molecular formula is C20H25N3O2. The highest BCUT2D eigenvalue weighted by Crippen LogP contribution is 2.20. The van der Waals surface area contributed by atoms with Crippen molar-refractivity contribution in [2.45, 2.75) is 32.6 Å². The Hall–Kier alpha value is -2.56. The minimum atomic E-state index is -0.344. The van der Waals surface area contributed by atoms with Gasteiger partial charge in [-0.1, -0.05) is 12.1 Å². The van der Waals surface area contributed by atoms with Crippen molar-refractivity contribution in [2.75, 3.05) is 24.5 Å². The fraction of sp³-hybridized carbons (Fsp3) is 0.400. The fourth-order valence-corrected chi connectivity index (χ4v) is 3.19. The average Bonchev–Trinajstić information content (AvgIpc) is 2.63. The van der Waals surface area contributed by atoms with Gasteiger partial charge >= 0.3 is 0 Å². The Balaban J connectivity index is 1.51. The number of carbonyl (C=O) groups is 1. The molecule has 0 saturated carbocycles. The largest absolute Gasteiger partial charge is 0.372 e. The van der Waals surface area contributed by atoms with Crippen molar-refractivity contribution >= 4 is 11.6 Å². The van der Waals surface area contributed by atoms with Crippen molar-refractivity contribution < 1.29 is 4.79 Å². The van der Waals surface area contributed by atoms with Crippen LogP contribution in [0.25, 0.3) is 0 Å². The molecule has 0 aliphatic carbocycles. The maximum Gasteiger partial charge on any atom is 0.260 e. The second kappa shape index (κ2) is 8.01. The number of carbonyl (C=O) groups excluding carboxylic acids is 1. The van der Waals surface area contributed by atoms with E-state index in [0.717, 1.165) is 25.2 Å². The number of aromatic nitrogens is 1. The van der Waals surface area contributed by atoms with Gasteiger partial charge in [-0.15, -0.1) is 0 Å². The lowest BCUT2D eigenvalue weighted by molar-refractivity contribution is 0.0952. The van der Waals surface area contributed by atoms with Crippen molar-refractivity contribution in [3.8, 4) is 0 Å². The topological polar surface area (TPSA) is 65.2 Å². The van der Waals surface area contributed by atoms with E-state index in [4.69, 9.17) is 0 Å². The van der Waals surface area contributed by atoms with Crippen LogP contribution in [0.1, 0.15) is 40.9 Å². The minimum absolute atomic E-state index is 0.158. The molecule has 1 amide bonds. The first-order chi connectivity index (χ1) is 12.1. The van der Waals surface area contributed by atoms with Crippen molar-refractivity contribution in [3.63, 3.8) is 0 Å². The molecule has 5 nitrogen and oxygen atoms in total. The number of amides is 1. The van der Waals surface area contributed by atoms with Gasteiger partial charge in [0.1, 0.15) is 5.56 Å². The zero-order valence-electron chi connectivity index (χ0n) is 14.7. The Labute approximate surface area is 148 Å². The van der Waals surface area contributed by atoms with E-state index in [1.807, 2.05) is 0 Å². The van der Waals surface area contributed by atoms with Crippen LogP contribution in [-0.2, 0) is 6.42 Å². The normalized spacial score (nSPS) is 14.4. The third-order valence-electron chi connectivity index (χ3n) is 4.66. The molecule has 1 aliphatic rings. The molecule has 0 bridgehead atoms. The molecule has 5 heteroatoms. The summed E-state index contributed by atoms with van der Waals surface area (Å²) in [4.78, 5) is 28.9. The number of anilines is 1. The van der Waals surface area contributed by atoms with E-state index in [0.29, 0.717) is 6.54 Å². The molecule has 0 spiro atoms. The van der Waals surface area contributed by atoms with Gasteiger partial charge < -0.3 is 15.2 Å². The van der Waals surface area contributed by atoms with Crippen LogP contribution in [0.15, 0.2) is 41.2 Å². The third-order valence-corrected chi connectivity index (χ3v) is 4.66. The van der Waals surface area contributed by atoms with Crippen LogP contribution in [0.4, 0.5) is 5.69 Å². The van der Waals surface area contributed by atoms with E-state index in [-0.39, 0.29) is 17.0 Å². The van der Waals surface area contributed by atoms with Gasteiger partial charge in [-0.05, 0) is 62.4 Å². The van der Waals surface area contributed by atoms with Crippen LogP contribution in [0.3, 0.4) is 0 Å². The number of nitrogens with one attached hydrogen (secondary N) is 2. The van der Waals surface area contributed by atoms with Crippen molar-refractivity contribution in [1.29, 1.82) is 0 Å². The molecule has 132 valence electrons. The number of aromatic amines is 1. The maximum absolute atomic E-state index is 12.1. The number of pyridine rings is 1. The molecular weight excluding hydrogens is 314 g/mol. The van der Waals surface area contributed by atoms with Gasteiger partial charge in [-0.2, -0.15) is 0 Å². The van der Waals surface area contributed by atoms with Gasteiger partial charge in [0.05, 0.1) is 0 Å². The molecule has 1 saturated heterocycles. The molecule has 3 rings (SSSR count). The van der Waals surface area contributed by atoms with Gasteiger partial charge in [0.25, 0.3) is 11.5 Å². The van der Waals surface area contributed by atoms with Gasteiger partial charge in [-0.25, -0.2) is 0 Å². The molecule has 1 aromatic carbocycles. The second-order valence-electron chi connectivity index (χ2n) is 6.60. The van der Waals surface area contributed by atoms with E-state index < -0.39 is 0 Å². The van der Waals surface area contributed by atoms with Crippen molar-refractivity contribution in [3.05, 3.63) is 63.6 Å². The van der Waals surface area contributed by atoms with E-state index in [9.17, 15) is 9.59 Å². The number of benzene rings is 1. The number of aryl methyl sites for hydroxylation is 1. The highest BCUT2D eigenvalue weighted by molar-refractivity contribution is 5.93. The van der Waals surface area contributed by atoms with Crippen LogP contribution in [0.2, 0.25) is 0 Å². The average molecular weight is 339 g/mol. The monoisotopic (exact) mass is 339 g/mol. The first-order valence-corrected chi connectivity index (χ1v) is 8.95. The lowest BCUT2D eigenvalue weighted by Crippen LogP contribution is -2.31. The molecule has 1 aromatic heterocycles. The van der Waals surface area contributed by atoms with E-state index >= 15 is 0 Å². The summed E-state index contributed by atoms with van der Waals surface area (Å²) in [5, 5.41) is 2.82. The zero-order valence-corrected chi connectivity index (χ0v) is 14.7. The Morgan fingerprint density at radius 2 is 1.80 bits per heavy atom. The summed E-state index contributed by atoms with van der Waals surface area (Å²) in [6, 6.07) is 11.9. The summed E-state index contributed by atoms with van der Waals surface area (Å²) >= 11 is 0. The number of hydrogen-bond acceptors (Lipinski definition) is 3. The first kappa shape index (κ1) is 17.3. The summed E-state index contributed by atoms with van der Waals surface area (Å²) in [6.45, 7) is 4.58. The number of rotatable bonds is 5. The number of H-pyrrole nitrogens is 1. The molecule has 0 atom stereocenters. The smallest absolute Gasteiger partial charge is 0.260 e. The lowest BCUT2D eigenvalue weighted by Gasteiger charge is -2.28. The Bertz CT molecular complexity index is 774. The van der Waals surface area contributed by atoms with E-state index in [1.165, 1.54) is 30.5 Å². The van der Waals surface area contributed by atoms with Crippen LogP contribution >= 0.6 is 0 Å². The van der Waals surface area contributed by atoms with Gasteiger partial charge in [0, 0.05) is 31.0 Å². The Kier molecular flexibility index (Phi) is 5.53. The summed E-state index contributed by atoms with van der Waals surface area (Å²) < 4.78 is 0. The SMILES string of the molecule is Cc1ccc(C(=O)NCCc2ccc(N3CCCCC3)cc2)c(=O)[nH]1. The maximum atomic E-state index is 12.1. The second-order valence-corrected chi connectivity index (χ2v) is 6.60. The molecule has 1 aliphatic heterocycles. The highest BCUT2D eigenvalue weighted by atomic mass is 16.2. The molecule has 0 radical (unpaired) electrons. The van der Waals surface area contributed by atoms with Crippen LogP contribution < -0.4 is 15.8 Å². The van der Waals surface area contributed by atoms with E-state index in [2.05, 4.69) is 39.5 Å². The number of nitrogens with zero attached hydrogens (tertiary/aromatic N) is 1. The van der Waals surface area contributed by atoms with Crippen molar-refractivity contribution in [2.24, 2.45) is 0 Å². The lowest BCUT2D eigenvalue weighted by atomic mass is 10.1. The van der Waals surface area contributed by atoms with Gasteiger partial charge in [-0.3, -0.25) is 9.59 Å². The predicted octanol–water partition coefficient (Wildman–Crippen LogP) is 2.65. The predicted molar refractivity (Wildman–Crippen MR) is 100 cm³/mol. The van der Waals surface area contributed by atoms with Crippen LogP contribution in [0, 0.1) is 6.92 Å². The van der Waals surface area contributed by atoms with Gasteiger partial charge in [0.15, 0.2) is 0 Å². The number of piperidine rings is 1. The Morgan fingerprint density at radius 3 is 2.48 bits per heavy atom. The highest BCUT2D eigenvalue weighted by Gasteiger charge is 2.11. The molecule has 0 unspecified atom stereocenters. The zero-order chi connectivity index (χ0) is 17.6. The summed E-state index contributed by atoms with van der Waals surface area (Å²) in [5.41, 5.74) is 3.02. The standard InChI is InChI=1S/C20H25N3O2/c1-15-5-10-18(20(25)22-15)19(24)21-12-11-16-6-8-17(9-7-16)23-13-3-2-4-14-23/h5-10H,2-4,11-14H2,1H3,(H,21,24)(H,22,25). The van der Waals surface area contributed by atoms with Crippen LogP contribution in [0.5, 0.6) is 0 Å². The first-order valence-electron chi connectivity index (χ1n) is 8.95. The van der Waals surface area contributed by atoms with E-state index in [1.54, 1.807) is 19.1 Å². The number of hydrogen-bond donors (Lipinski definition) is 2. The van der Waals surface area contributed by atoms with Crippen LogP contribution in [-0.4, -0.2) is 30.5 Å². The molecule has 25 heavy (non-hydrogen) atoms. The third kappa shape index (κ3) is 4.50. The van der Waals surface area contributed by atoms with Crippen molar-refractivity contribution in [1.82, 2.24) is 10.3 Å². The molecule has 1 fully saturated rings. The van der Waals surface area contributed by atoms with Gasteiger partial charge in [0.2, 0.25) is 0 Å². The molecule has 2 heterocycles.